The number of carbonyl (C=O) groups is 2. The summed E-state index contributed by atoms with van der Waals surface area (Å²) in [6, 6.07) is 18.5. The molecule has 0 radical (unpaired) electrons. The maximum atomic E-state index is 12.9. The highest BCUT2D eigenvalue weighted by Crippen LogP contribution is 2.22. The summed E-state index contributed by atoms with van der Waals surface area (Å²) in [6.07, 6.45) is 1.98. The molecular weight excluding hydrogens is 314 g/mol. The molecule has 1 unspecified atom stereocenters. The van der Waals surface area contributed by atoms with Crippen LogP contribution in [0.25, 0.3) is 10.9 Å². The van der Waals surface area contributed by atoms with E-state index in [1.165, 1.54) is 0 Å². The van der Waals surface area contributed by atoms with Gasteiger partial charge in [-0.05, 0) is 25.0 Å². The molecule has 4 nitrogen and oxygen atoms in total. The van der Waals surface area contributed by atoms with Gasteiger partial charge in [0.25, 0.3) is 0 Å². The number of Topliss-reactive ketones (excluding diaryl/α,β-unsaturated/α-hetero) is 1. The van der Waals surface area contributed by atoms with Crippen molar-refractivity contribution >= 4 is 22.7 Å². The monoisotopic (exact) mass is 333 g/mol. The third-order valence-corrected chi connectivity index (χ3v) is 4.09. The van der Waals surface area contributed by atoms with Gasteiger partial charge in [0.2, 0.25) is 0 Å². The molecule has 0 N–H and O–H groups in total. The van der Waals surface area contributed by atoms with E-state index in [4.69, 9.17) is 4.74 Å². The molecule has 1 heterocycles. The molecule has 0 aliphatic rings. The van der Waals surface area contributed by atoms with Gasteiger partial charge in [0.1, 0.15) is 5.92 Å². The SMILES string of the molecule is CCOC(=O)C(Cc1cccc2cccnc12)C(=O)c1ccccc1. The van der Waals surface area contributed by atoms with Crippen LogP contribution in [0.15, 0.2) is 66.9 Å². The molecule has 3 aromatic rings. The van der Waals surface area contributed by atoms with Crippen molar-refractivity contribution in [1.82, 2.24) is 4.98 Å². The summed E-state index contributed by atoms with van der Waals surface area (Å²) in [5, 5.41) is 0.981. The Kier molecular flexibility index (Phi) is 5.19. The van der Waals surface area contributed by atoms with Crippen LogP contribution in [0.4, 0.5) is 0 Å². The Bertz CT molecular complexity index is 885. The Morgan fingerprint density at radius 2 is 1.76 bits per heavy atom. The minimum atomic E-state index is -0.880. The van der Waals surface area contributed by atoms with Crippen molar-refractivity contribution in [2.24, 2.45) is 5.92 Å². The molecule has 2 aromatic carbocycles. The summed E-state index contributed by atoms with van der Waals surface area (Å²) in [5.41, 5.74) is 2.18. The van der Waals surface area contributed by atoms with Crippen LogP contribution in [0.5, 0.6) is 0 Å². The number of pyridine rings is 1. The van der Waals surface area contributed by atoms with E-state index in [0.29, 0.717) is 5.56 Å². The van der Waals surface area contributed by atoms with E-state index in [-0.39, 0.29) is 18.8 Å². The molecule has 0 saturated carbocycles. The second kappa shape index (κ2) is 7.71. The lowest BCUT2D eigenvalue weighted by Gasteiger charge is -2.15. The summed E-state index contributed by atoms with van der Waals surface area (Å²) in [4.78, 5) is 29.7. The molecule has 0 aliphatic carbocycles. The summed E-state index contributed by atoms with van der Waals surface area (Å²) in [5.74, 6) is -1.61. The topological polar surface area (TPSA) is 56.3 Å². The van der Waals surface area contributed by atoms with E-state index < -0.39 is 11.9 Å². The van der Waals surface area contributed by atoms with Crippen molar-refractivity contribution in [2.75, 3.05) is 6.61 Å². The van der Waals surface area contributed by atoms with Crippen molar-refractivity contribution in [3.8, 4) is 0 Å². The van der Waals surface area contributed by atoms with Crippen LogP contribution < -0.4 is 0 Å². The predicted molar refractivity (Wildman–Crippen MR) is 96.3 cm³/mol. The number of hydrogen-bond acceptors (Lipinski definition) is 4. The minimum absolute atomic E-state index is 0.230. The first kappa shape index (κ1) is 16.8. The summed E-state index contributed by atoms with van der Waals surface area (Å²) in [7, 11) is 0. The van der Waals surface area contributed by atoms with E-state index >= 15 is 0 Å². The van der Waals surface area contributed by atoms with Crippen molar-refractivity contribution in [3.05, 3.63) is 78.0 Å². The molecule has 0 amide bonds. The average Bonchev–Trinajstić information content (AvgIpc) is 2.66. The number of ketones is 1. The predicted octanol–water partition coefficient (Wildman–Crippen LogP) is 3.84. The number of para-hydroxylation sites is 1. The quantitative estimate of drug-likeness (QED) is 0.391. The standard InChI is InChI=1S/C21H19NO3/c1-2-25-21(24)18(20(23)16-8-4-3-5-9-16)14-17-11-6-10-15-12-7-13-22-19(15)17/h3-13,18H,2,14H2,1H3. The van der Waals surface area contributed by atoms with Gasteiger partial charge in [0.15, 0.2) is 5.78 Å². The van der Waals surface area contributed by atoms with Gasteiger partial charge in [-0.25, -0.2) is 0 Å². The first-order chi connectivity index (χ1) is 12.2. The molecule has 1 aromatic heterocycles. The largest absolute Gasteiger partial charge is 0.465 e. The van der Waals surface area contributed by atoms with Crippen LogP contribution in [-0.4, -0.2) is 23.3 Å². The van der Waals surface area contributed by atoms with E-state index in [9.17, 15) is 9.59 Å². The smallest absolute Gasteiger partial charge is 0.317 e. The Morgan fingerprint density at radius 3 is 2.52 bits per heavy atom. The van der Waals surface area contributed by atoms with Crippen molar-refractivity contribution in [3.63, 3.8) is 0 Å². The van der Waals surface area contributed by atoms with Gasteiger partial charge in [0.05, 0.1) is 12.1 Å². The number of hydrogen-bond donors (Lipinski definition) is 0. The number of nitrogens with zero attached hydrogens (tertiary/aromatic N) is 1. The molecule has 126 valence electrons. The number of carbonyl (C=O) groups excluding carboxylic acids is 2. The van der Waals surface area contributed by atoms with Crippen LogP contribution in [0.1, 0.15) is 22.8 Å². The highest BCUT2D eigenvalue weighted by molar-refractivity contribution is 6.09. The number of esters is 1. The van der Waals surface area contributed by atoms with Crippen LogP contribution in [-0.2, 0) is 16.0 Å². The van der Waals surface area contributed by atoms with Crippen LogP contribution >= 0.6 is 0 Å². The highest BCUT2D eigenvalue weighted by atomic mass is 16.5. The van der Waals surface area contributed by atoms with E-state index in [2.05, 4.69) is 4.98 Å². The van der Waals surface area contributed by atoms with E-state index in [1.54, 1.807) is 37.4 Å². The molecule has 3 rings (SSSR count). The molecule has 0 saturated heterocycles. The summed E-state index contributed by atoms with van der Waals surface area (Å²) >= 11 is 0. The van der Waals surface area contributed by atoms with Crippen LogP contribution in [0, 0.1) is 5.92 Å². The third-order valence-electron chi connectivity index (χ3n) is 4.09. The number of rotatable bonds is 6. The molecule has 0 fully saturated rings. The Morgan fingerprint density at radius 1 is 1.00 bits per heavy atom. The number of aromatic nitrogens is 1. The second-order valence-corrected chi connectivity index (χ2v) is 5.73. The van der Waals surface area contributed by atoms with Gasteiger partial charge in [0, 0.05) is 17.1 Å². The van der Waals surface area contributed by atoms with Crippen LogP contribution in [0.3, 0.4) is 0 Å². The lowest BCUT2D eigenvalue weighted by Crippen LogP contribution is -2.28. The Balaban J connectivity index is 1.97. The zero-order valence-corrected chi connectivity index (χ0v) is 14.0. The fraction of sp³-hybridized carbons (Fsp3) is 0.190. The molecular formula is C21H19NO3. The molecule has 0 spiro atoms. The van der Waals surface area contributed by atoms with Gasteiger partial charge in [-0.3, -0.25) is 14.6 Å². The van der Waals surface area contributed by atoms with Crippen LogP contribution in [0.2, 0.25) is 0 Å². The molecule has 0 aliphatic heterocycles. The van der Waals surface area contributed by atoms with Gasteiger partial charge in [-0.15, -0.1) is 0 Å². The number of fused-ring (bicyclic) bond motifs is 1. The zero-order chi connectivity index (χ0) is 17.6. The summed E-state index contributed by atoms with van der Waals surface area (Å²) < 4.78 is 5.15. The molecule has 25 heavy (non-hydrogen) atoms. The Labute approximate surface area is 146 Å². The summed E-state index contributed by atoms with van der Waals surface area (Å²) in [6.45, 7) is 1.98. The van der Waals surface area contributed by atoms with Crippen molar-refractivity contribution in [1.29, 1.82) is 0 Å². The average molecular weight is 333 g/mol. The fourth-order valence-corrected chi connectivity index (χ4v) is 2.88. The van der Waals surface area contributed by atoms with E-state index in [0.717, 1.165) is 16.5 Å². The lowest BCUT2D eigenvalue weighted by molar-refractivity contribution is -0.146. The molecule has 4 heteroatoms. The van der Waals surface area contributed by atoms with Gasteiger partial charge >= 0.3 is 5.97 Å². The third kappa shape index (κ3) is 3.74. The number of ether oxygens (including phenoxy) is 1. The fourth-order valence-electron chi connectivity index (χ4n) is 2.88. The zero-order valence-electron chi connectivity index (χ0n) is 14.0. The maximum absolute atomic E-state index is 12.9. The molecule has 0 bridgehead atoms. The number of benzene rings is 2. The van der Waals surface area contributed by atoms with Crippen molar-refractivity contribution < 1.29 is 14.3 Å². The molecule has 1 atom stereocenters. The minimum Gasteiger partial charge on any atom is -0.465 e. The first-order valence-corrected chi connectivity index (χ1v) is 8.29. The maximum Gasteiger partial charge on any atom is 0.317 e. The van der Waals surface area contributed by atoms with Gasteiger partial charge in [-0.1, -0.05) is 54.6 Å². The Hall–Kier alpha value is -3.01. The second-order valence-electron chi connectivity index (χ2n) is 5.73. The lowest BCUT2D eigenvalue weighted by atomic mass is 9.90. The highest BCUT2D eigenvalue weighted by Gasteiger charge is 2.29. The van der Waals surface area contributed by atoms with E-state index in [1.807, 2.05) is 36.4 Å². The van der Waals surface area contributed by atoms with Gasteiger partial charge in [-0.2, -0.15) is 0 Å². The van der Waals surface area contributed by atoms with Crippen molar-refractivity contribution in [2.45, 2.75) is 13.3 Å². The first-order valence-electron chi connectivity index (χ1n) is 8.29. The normalized spacial score (nSPS) is 11.9. The van der Waals surface area contributed by atoms with Gasteiger partial charge < -0.3 is 4.74 Å².